The Morgan fingerprint density at radius 1 is 0.943 bits per heavy atom. The van der Waals surface area contributed by atoms with Gasteiger partial charge in [-0.15, -0.1) is 11.3 Å². The quantitative estimate of drug-likeness (QED) is 0.508. The minimum Gasteiger partial charge on any atom is -0.370 e. The monoisotopic (exact) mass is 494 g/mol. The first kappa shape index (κ1) is 24.3. The molecule has 6 nitrogen and oxygen atoms in total. The van der Waals surface area contributed by atoms with Crippen molar-refractivity contribution >= 4 is 34.5 Å². The lowest BCUT2D eigenvalue weighted by atomic mass is 9.96. The van der Waals surface area contributed by atoms with E-state index >= 15 is 0 Å². The van der Waals surface area contributed by atoms with Crippen molar-refractivity contribution in [1.29, 1.82) is 0 Å². The van der Waals surface area contributed by atoms with Gasteiger partial charge in [-0.25, -0.2) is 4.98 Å². The van der Waals surface area contributed by atoms with Crippen LogP contribution in [-0.2, 0) is 4.79 Å². The number of hydrogen-bond acceptors (Lipinski definition) is 5. The maximum absolute atomic E-state index is 13.0. The summed E-state index contributed by atoms with van der Waals surface area (Å²) in [5.41, 5.74) is 2.45. The van der Waals surface area contributed by atoms with Crippen molar-refractivity contribution in [2.45, 2.75) is 76.5 Å². The molecule has 188 valence electrons. The number of nitrogens with zero attached hydrogens (tertiary/aromatic N) is 3. The number of rotatable bonds is 7. The van der Waals surface area contributed by atoms with E-state index in [4.69, 9.17) is 4.98 Å². The zero-order valence-electron chi connectivity index (χ0n) is 20.7. The van der Waals surface area contributed by atoms with Crippen LogP contribution in [0.25, 0.3) is 0 Å². The number of benzene rings is 1. The van der Waals surface area contributed by atoms with Gasteiger partial charge in [-0.05, 0) is 56.6 Å². The Kier molecular flexibility index (Phi) is 8.02. The predicted octanol–water partition coefficient (Wildman–Crippen LogP) is 6.06. The second-order valence-electron chi connectivity index (χ2n) is 10.4. The van der Waals surface area contributed by atoms with Crippen LogP contribution in [0.15, 0.2) is 29.6 Å². The van der Waals surface area contributed by atoms with E-state index in [-0.39, 0.29) is 5.91 Å². The molecule has 2 amide bonds. The first-order valence-electron chi connectivity index (χ1n) is 13.6. The minimum atomic E-state index is -0.142. The molecule has 1 saturated carbocycles. The fourth-order valence-electron chi connectivity index (χ4n) is 5.92. The van der Waals surface area contributed by atoms with Crippen molar-refractivity contribution in [1.82, 2.24) is 9.88 Å². The van der Waals surface area contributed by atoms with E-state index in [2.05, 4.69) is 16.3 Å². The van der Waals surface area contributed by atoms with Crippen LogP contribution >= 0.6 is 11.3 Å². The Hall–Kier alpha value is -2.41. The van der Waals surface area contributed by atoms with Crippen LogP contribution in [0.5, 0.6) is 0 Å². The highest BCUT2D eigenvalue weighted by molar-refractivity contribution is 7.10. The van der Waals surface area contributed by atoms with Gasteiger partial charge in [-0.3, -0.25) is 9.59 Å². The highest BCUT2D eigenvalue weighted by atomic mass is 32.1. The van der Waals surface area contributed by atoms with Gasteiger partial charge in [0.2, 0.25) is 5.91 Å². The minimum absolute atomic E-state index is 0.142. The molecular weight excluding hydrogens is 456 g/mol. The first-order chi connectivity index (χ1) is 17.2. The molecule has 7 heteroatoms. The molecule has 3 fully saturated rings. The highest BCUT2D eigenvalue weighted by Crippen LogP contribution is 2.33. The molecule has 35 heavy (non-hydrogen) atoms. The number of carbonyl (C=O) groups is 2. The Labute approximate surface area is 213 Å². The third-order valence-electron chi connectivity index (χ3n) is 8.04. The van der Waals surface area contributed by atoms with Crippen molar-refractivity contribution in [3.63, 3.8) is 0 Å². The maximum Gasteiger partial charge on any atom is 0.275 e. The molecular formula is C28H38N4O2S. The van der Waals surface area contributed by atoms with E-state index < -0.39 is 0 Å². The predicted molar refractivity (Wildman–Crippen MR) is 142 cm³/mol. The van der Waals surface area contributed by atoms with Gasteiger partial charge in [0.1, 0.15) is 5.69 Å². The standard InChI is InChI=1S/C28H38N4O2S/c33-26(13-12-21-8-2-3-9-21)32-18-14-22(15-19-32)28-30-24(20-35-28)27(34)29-23-10-4-5-11-25(23)31-16-6-1-7-17-31/h4-5,10-11,20-22H,1-3,6-9,12-19H2,(H,29,34). The summed E-state index contributed by atoms with van der Waals surface area (Å²) in [7, 11) is 0. The van der Waals surface area contributed by atoms with E-state index in [1.807, 2.05) is 28.5 Å². The zero-order chi connectivity index (χ0) is 24.0. The SMILES string of the molecule is O=C(Nc1ccccc1N1CCCCC1)c1csc(C2CCN(C(=O)CCC3CCCC3)CC2)n1. The Balaban J connectivity index is 1.14. The summed E-state index contributed by atoms with van der Waals surface area (Å²) in [5, 5.41) is 6.02. The second kappa shape index (κ2) is 11.5. The van der Waals surface area contributed by atoms with Gasteiger partial charge in [-0.2, -0.15) is 0 Å². The van der Waals surface area contributed by atoms with Gasteiger partial charge in [-0.1, -0.05) is 37.8 Å². The van der Waals surface area contributed by atoms with Crippen LogP contribution in [0.4, 0.5) is 11.4 Å². The molecule has 1 aromatic heterocycles. The summed E-state index contributed by atoms with van der Waals surface area (Å²) in [6, 6.07) is 8.08. The third-order valence-corrected chi connectivity index (χ3v) is 9.05. The lowest BCUT2D eigenvalue weighted by molar-refractivity contribution is -0.132. The number of nitrogens with one attached hydrogen (secondary N) is 1. The smallest absolute Gasteiger partial charge is 0.275 e. The lowest BCUT2D eigenvalue weighted by Crippen LogP contribution is -2.38. The molecule has 0 unspecified atom stereocenters. The Morgan fingerprint density at radius 2 is 1.69 bits per heavy atom. The molecule has 0 radical (unpaired) electrons. The van der Waals surface area contributed by atoms with E-state index in [1.54, 1.807) is 11.3 Å². The fourth-order valence-corrected chi connectivity index (χ4v) is 6.89. The van der Waals surface area contributed by atoms with Crippen molar-refractivity contribution in [3.05, 3.63) is 40.3 Å². The van der Waals surface area contributed by atoms with Gasteiger partial charge >= 0.3 is 0 Å². The topological polar surface area (TPSA) is 65.5 Å². The number of piperidine rings is 2. The molecule has 2 aliphatic heterocycles. The number of amides is 2. The number of anilines is 2. The number of aromatic nitrogens is 1. The fraction of sp³-hybridized carbons (Fsp3) is 0.607. The maximum atomic E-state index is 13.0. The average molecular weight is 495 g/mol. The molecule has 0 bridgehead atoms. The van der Waals surface area contributed by atoms with Crippen LogP contribution in [0, 0.1) is 5.92 Å². The van der Waals surface area contributed by atoms with Crippen molar-refractivity contribution in [2.24, 2.45) is 5.92 Å². The Morgan fingerprint density at radius 3 is 2.46 bits per heavy atom. The van der Waals surface area contributed by atoms with E-state index in [0.29, 0.717) is 23.9 Å². The van der Waals surface area contributed by atoms with E-state index in [9.17, 15) is 9.59 Å². The summed E-state index contributed by atoms with van der Waals surface area (Å²) in [6.07, 6.45) is 12.6. The molecule has 5 rings (SSSR count). The van der Waals surface area contributed by atoms with Crippen LogP contribution in [0.3, 0.4) is 0 Å². The zero-order valence-corrected chi connectivity index (χ0v) is 21.5. The number of thiazole rings is 1. The number of hydrogen-bond donors (Lipinski definition) is 1. The van der Waals surface area contributed by atoms with Gasteiger partial charge in [0.05, 0.1) is 16.4 Å². The molecule has 3 heterocycles. The normalized spacial score (nSPS) is 19.8. The summed E-state index contributed by atoms with van der Waals surface area (Å²) in [6.45, 7) is 3.68. The Bertz CT molecular complexity index is 1000. The van der Waals surface area contributed by atoms with Crippen molar-refractivity contribution in [3.8, 4) is 0 Å². The van der Waals surface area contributed by atoms with Crippen molar-refractivity contribution < 1.29 is 9.59 Å². The van der Waals surface area contributed by atoms with Crippen LogP contribution in [0.2, 0.25) is 0 Å². The molecule has 1 aliphatic carbocycles. The van der Waals surface area contributed by atoms with Crippen LogP contribution < -0.4 is 10.2 Å². The van der Waals surface area contributed by atoms with E-state index in [0.717, 1.165) is 67.7 Å². The van der Waals surface area contributed by atoms with Crippen LogP contribution in [-0.4, -0.2) is 47.9 Å². The van der Waals surface area contributed by atoms with Crippen molar-refractivity contribution in [2.75, 3.05) is 36.4 Å². The number of likely N-dealkylation sites (tertiary alicyclic amines) is 1. The summed E-state index contributed by atoms with van der Waals surface area (Å²) in [4.78, 5) is 34.8. The lowest BCUT2D eigenvalue weighted by Gasteiger charge is -2.31. The van der Waals surface area contributed by atoms with Gasteiger partial charge in [0, 0.05) is 43.9 Å². The molecule has 0 atom stereocenters. The second-order valence-corrected chi connectivity index (χ2v) is 11.3. The summed E-state index contributed by atoms with van der Waals surface area (Å²) >= 11 is 1.58. The third kappa shape index (κ3) is 6.05. The number of para-hydroxylation sites is 2. The summed E-state index contributed by atoms with van der Waals surface area (Å²) in [5.74, 6) is 1.28. The molecule has 1 N–H and O–H groups in total. The highest BCUT2D eigenvalue weighted by Gasteiger charge is 2.27. The molecule has 3 aliphatic rings. The molecule has 2 aromatic rings. The molecule has 0 spiro atoms. The largest absolute Gasteiger partial charge is 0.370 e. The van der Waals surface area contributed by atoms with Crippen LogP contribution in [0.1, 0.15) is 92.0 Å². The summed E-state index contributed by atoms with van der Waals surface area (Å²) < 4.78 is 0. The van der Waals surface area contributed by atoms with Gasteiger partial charge in [0.15, 0.2) is 0 Å². The van der Waals surface area contributed by atoms with Gasteiger partial charge < -0.3 is 15.1 Å². The van der Waals surface area contributed by atoms with Gasteiger partial charge in [0.25, 0.3) is 5.91 Å². The average Bonchev–Trinajstić information content (AvgIpc) is 3.61. The molecule has 2 saturated heterocycles. The first-order valence-corrected chi connectivity index (χ1v) is 14.4. The number of carbonyl (C=O) groups excluding carboxylic acids is 2. The van der Waals surface area contributed by atoms with E-state index in [1.165, 1.54) is 44.9 Å². The molecule has 1 aromatic carbocycles.